The highest BCUT2D eigenvalue weighted by Crippen LogP contribution is 2.72. The average molecular weight is 532 g/mol. The summed E-state index contributed by atoms with van der Waals surface area (Å²) in [5.41, 5.74) is -14.7. The fourth-order valence-electron chi connectivity index (χ4n) is 5.45. The zero-order valence-electron chi connectivity index (χ0n) is 16.1. The van der Waals surface area contributed by atoms with Gasteiger partial charge in [-0.2, -0.15) is 52.7 Å². The van der Waals surface area contributed by atoms with Crippen LogP contribution in [0.15, 0.2) is 24.3 Å². The van der Waals surface area contributed by atoms with Gasteiger partial charge in [0.15, 0.2) is 0 Å². The van der Waals surface area contributed by atoms with Gasteiger partial charge in [0.05, 0.1) is 0 Å². The van der Waals surface area contributed by atoms with Crippen molar-refractivity contribution in [2.75, 3.05) is 0 Å². The Morgan fingerprint density at radius 1 is 0.441 bits per heavy atom. The molecule has 0 aromatic rings. The third kappa shape index (κ3) is 2.94. The third-order valence-electron chi connectivity index (χ3n) is 6.99. The summed E-state index contributed by atoms with van der Waals surface area (Å²) in [7, 11) is 0. The van der Waals surface area contributed by atoms with Crippen LogP contribution in [0.2, 0.25) is 0 Å². The number of hydrogen-bond donors (Lipinski definition) is 0. The van der Waals surface area contributed by atoms with Gasteiger partial charge in [-0.25, -0.2) is 17.6 Å². The Labute approximate surface area is 179 Å². The first kappa shape index (κ1) is 27.0. The molecule has 4 aliphatic rings. The van der Waals surface area contributed by atoms with Crippen molar-refractivity contribution in [3.63, 3.8) is 0 Å². The van der Waals surface area contributed by atoms with Gasteiger partial charge in [-0.3, -0.25) is 0 Å². The molecule has 0 amide bonds. The van der Waals surface area contributed by atoms with E-state index in [4.69, 9.17) is 0 Å². The van der Waals surface area contributed by atoms with E-state index in [1.165, 1.54) is 0 Å². The standard InChI is InChI=1S/2C9H6F8/c10-6(8(12,13)14)4-1-2-5(3-4)7(6,11)9(15,16)17;10-7(11)5-2-1-4(3-5)6(7,8(12,13)14)9(15,16)17/h2*1-2,4-5H,3H2. The molecule has 6 unspecified atom stereocenters. The monoisotopic (exact) mass is 532 g/mol. The van der Waals surface area contributed by atoms with E-state index in [2.05, 4.69) is 0 Å². The molecule has 6 atom stereocenters. The van der Waals surface area contributed by atoms with Gasteiger partial charge in [-0.1, -0.05) is 24.3 Å². The summed E-state index contributed by atoms with van der Waals surface area (Å²) in [4.78, 5) is 0. The number of hydrogen-bond acceptors (Lipinski definition) is 0. The molecule has 2 saturated carbocycles. The first-order chi connectivity index (χ1) is 14.9. The van der Waals surface area contributed by atoms with Gasteiger partial charge in [0, 0.05) is 23.7 Å². The Morgan fingerprint density at radius 3 is 0.971 bits per heavy atom. The van der Waals surface area contributed by atoms with E-state index in [1.807, 2.05) is 0 Å². The molecular formula is C18H12F16. The van der Waals surface area contributed by atoms with Crippen molar-refractivity contribution >= 4 is 0 Å². The summed E-state index contributed by atoms with van der Waals surface area (Å²) < 4.78 is 205. The van der Waals surface area contributed by atoms with Gasteiger partial charge in [-0.15, -0.1) is 0 Å². The van der Waals surface area contributed by atoms with Crippen molar-refractivity contribution in [1.29, 1.82) is 0 Å². The lowest BCUT2D eigenvalue weighted by atomic mass is 9.71. The van der Waals surface area contributed by atoms with Crippen molar-refractivity contribution in [2.24, 2.45) is 29.1 Å². The lowest BCUT2D eigenvalue weighted by Crippen LogP contribution is -2.66. The number of halogens is 16. The predicted molar refractivity (Wildman–Crippen MR) is 80.8 cm³/mol. The molecule has 34 heavy (non-hydrogen) atoms. The van der Waals surface area contributed by atoms with E-state index in [0.717, 1.165) is 6.08 Å². The Balaban J connectivity index is 0.000000191. The quantitative estimate of drug-likeness (QED) is 0.222. The van der Waals surface area contributed by atoms with Gasteiger partial charge in [-0.05, 0) is 12.8 Å². The van der Waals surface area contributed by atoms with Crippen molar-refractivity contribution in [3.05, 3.63) is 24.3 Å². The van der Waals surface area contributed by atoms with Crippen LogP contribution in [0.1, 0.15) is 12.8 Å². The van der Waals surface area contributed by atoms with Gasteiger partial charge >= 0.3 is 24.7 Å². The minimum atomic E-state index is -6.03. The fraction of sp³-hybridized carbons (Fsp3) is 0.778. The van der Waals surface area contributed by atoms with Crippen molar-refractivity contribution in [1.82, 2.24) is 0 Å². The largest absolute Gasteiger partial charge is 0.426 e. The SMILES string of the molecule is FC(F)(F)C1(C(F)(F)F)C2C=CC(C2)C1(F)F.FC(F)(F)C1(F)C2C=CC(C2)C1(F)C(F)(F)F. The maximum absolute atomic E-state index is 13.8. The molecule has 196 valence electrons. The highest BCUT2D eigenvalue weighted by molar-refractivity contribution is 5.32. The molecule has 0 saturated heterocycles. The van der Waals surface area contributed by atoms with Crippen LogP contribution in [0.5, 0.6) is 0 Å². The smallest absolute Gasteiger partial charge is 0.229 e. The second-order valence-corrected chi connectivity index (χ2v) is 8.51. The van der Waals surface area contributed by atoms with Crippen LogP contribution >= 0.6 is 0 Å². The molecule has 0 spiro atoms. The Morgan fingerprint density at radius 2 is 0.735 bits per heavy atom. The van der Waals surface area contributed by atoms with Crippen molar-refractivity contribution in [3.8, 4) is 0 Å². The van der Waals surface area contributed by atoms with Crippen molar-refractivity contribution in [2.45, 2.75) is 54.8 Å². The fourth-order valence-corrected chi connectivity index (χ4v) is 5.45. The molecule has 2 fully saturated rings. The Kier molecular flexibility index (Phi) is 5.53. The molecule has 0 heterocycles. The summed E-state index contributed by atoms with van der Waals surface area (Å²) in [6.07, 6.45) is -22.8. The summed E-state index contributed by atoms with van der Waals surface area (Å²) in [6, 6.07) is 0. The van der Waals surface area contributed by atoms with Gasteiger partial charge < -0.3 is 0 Å². The van der Waals surface area contributed by atoms with Crippen molar-refractivity contribution < 1.29 is 70.2 Å². The second-order valence-electron chi connectivity index (χ2n) is 8.51. The number of allylic oxidation sites excluding steroid dienone is 4. The lowest BCUT2D eigenvalue weighted by molar-refractivity contribution is -0.403. The van der Waals surface area contributed by atoms with E-state index in [-0.39, 0.29) is 0 Å². The zero-order chi connectivity index (χ0) is 26.6. The Bertz CT molecular complexity index is 822. The number of rotatable bonds is 0. The molecule has 0 aliphatic heterocycles. The van der Waals surface area contributed by atoms with Crippen LogP contribution < -0.4 is 0 Å². The van der Waals surface area contributed by atoms with E-state index < -0.39 is 83.9 Å². The van der Waals surface area contributed by atoms with E-state index in [0.29, 0.717) is 18.2 Å². The van der Waals surface area contributed by atoms with Gasteiger partial charge in [0.25, 0.3) is 17.3 Å². The van der Waals surface area contributed by atoms with E-state index in [1.54, 1.807) is 0 Å². The summed E-state index contributed by atoms with van der Waals surface area (Å²) in [5.74, 6) is -13.3. The van der Waals surface area contributed by atoms with Crippen LogP contribution in [0, 0.1) is 29.1 Å². The van der Waals surface area contributed by atoms with Crippen LogP contribution in [0.25, 0.3) is 0 Å². The molecule has 0 aromatic carbocycles. The minimum Gasteiger partial charge on any atom is -0.229 e. The predicted octanol–water partition coefficient (Wildman–Crippen LogP) is 7.67. The maximum Gasteiger partial charge on any atom is 0.426 e. The third-order valence-corrected chi connectivity index (χ3v) is 6.99. The molecule has 4 aliphatic carbocycles. The van der Waals surface area contributed by atoms with Crippen LogP contribution in [0.4, 0.5) is 70.2 Å². The highest BCUT2D eigenvalue weighted by Gasteiger charge is 2.89. The van der Waals surface area contributed by atoms with Gasteiger partial charge in [0.2, 0.25) is 5.41 Å². The minimum absolute atomic E-state index is 0.600. The molecular weight excluding hydrogens is 520 g/mol. The van der Waals surface area contributed by atoms with Crippen LogP contribution in [0.3, 0.4) is 0 Å². The molecule has 0 aromatic heterocycles. The zero-order valence-corrected chi connectivity index (χ0v) is 16.1. The first-order valence-corrected chi connectivity index (χ1v) is 9.31. The molecule has 0 nitrogen and oxygen atoms in total. The maximum atomic E-state index is 13.8. The second kappa shape index (κ2) is 6.98. The molecule has 0 radical (unpaired) electrons. The average Bonchev–Trinajstić information content (AvgIpc) is 3.33. The Hall–Kier alpha value is -1.64. The molecule has 4 bridgehead atoms. The topological polar surface area (TPSA) is 0 Å². The number of fused-ring (bicyclic) bond motifs is 4. The van der Waals surface area contributed by atoms with E-state index in [9.17, 15) is 70.2 Å². The normalized spacial score (nSPS) is 40.0. The number of alkyl halides is 16. The highest BCUT2D eigenvalue weighted by atomic mass is 19.4. The summed E-state index contributed by atoms with van der Waals surface area (Å²) in [5, 5.41) is 0. The lowest BCUT2D eigenvalue weighted by Gasteiger charge is -2.43. The van der Waals surface area contributed by atoms with E-state index >= 15 is 0 Å². The molecule has 4 rings (SSSR count). The van der Waals surface area contributed by atoms with Crippen LogP contribution in [-0.2, 0) is 0 Å². The van der Waals surface area contributed by atoms with Crippen LogP contribution in [-0.4, -0.2) is 42.0 Å². The molecule has 16 heteroatoms. The summed E-state index contributed by atoms with van der Waals surface area (Å²) >= 11 is 0. The molecule has 0 N–H and O–H groups in total. The van der Waals surface area contributed by atoms with Gasteiger partial charge in [0.1, 0.15) is 0 Å². The first-order valence-electron chi connectivity index (χ1n) is 9.31. The summed E-state index contributed by atoms with van der Waals surface area (Å²) in [6.45, 7) is 0.